The summed E-state index contributed by atoms with van der Waals surface area (Å²) in [6.45, 7) is 1.21. The third kappa shape index (κ3) is 4.73. The van der Waals surface area contributed by atoms with Crippen LogP contribution in [0, 0.1) is 16.0 Å². The van der Waals surface area contributed by atoms with E-state index in [1.54, 1.807) is 6.92 Å². The minimum atomic E-state index is -0.978. The molecule has 0 heterocycles. The molecule has 146 valence electrons. The van der Waals surface area contributed by atoms with E-state index < -0.39 is 46.4 Å². The van der Waals surface area contributed by atoms with E-state index in [0.29, 0.717) is 12.8 Å². The first kappa shape index (κ1) is 20.6. The average Bonchev–Trinajstić information content (AvgIpc) is 2.59. The summed E-state index contributed by atoms with van der Waals surface area (Å²) in [6.07, 6.45) is 2.54. The molecule has 1 saturated carbocycles. The summed E-state index contributed by atoms with van der Waals surface area (Å²) in [5.74, 6) is -3.12. The van der Waals surface area contributed by atoms with Crippen molar-refractivity contribution in [3.05, 3.63) is 38.9 Å². The Kier molecular flexibility index (Phi) is 6.37. The highest BCUT2D eigenvalue weighted by molar-refractivity contribution is 6.34. The lowest BCUT2D eigenvalue weighted by atomic mass is 9.74. The smallest absolute Gasteiger partial charge is 0.308 e. The molecule has 0 saturated heterocycles. The Labute approximate surface area is 160 Å². The number of amides is 2. The van der Waals surface area contributed by atoms with E-state index in [1.165, 1.54) is 12.1 Å². The number of nitrogens with one attached hydrogen (secondary N) is 2. The summed E-state index contributed by atoms with van der Waals surface area (Å²) in [5.41, 5.74) is -1.71. The Hall–Kier alpha value is -2.68. The number of carbonyl (C=O) groups is 3. The van der Waals surface area contributed by atoms with Gasteiger partial charge in [0.25, 0.3) is 11.6 Å². The number of carbonyl (C=O) groups excluding carboxylic acids is 2. The second kappa shape index (κ2) is 8.34. The highest BCUT2D eigenvalue weighted by atomic mass is 35.5. The molecule has 0 spiro atoms. The lowest BCUT2D eigenvalue weighted by molar-refractivity contribution is -0.385. The van der Waals surface area contributed by atoms with Crippen LogP contribution in [0.3, 0.4) is 0 Å². The van der Waals surface area contributed by atoms with E-state index in [9.17, 15) is 29.6 Å². The molecule has 1 aromatic rings. The first-order valence-corrected chi connectivity index (χ1v) is 8.78. The number of carboxylic acid groups (broad SMARTS) is 1. The Balaban J connectivity index is 2.05. The van der Waals surface area contributed by atoms with E-state index in [4.69, 9.17) is 11.6 Å². The largest absolute Gasteiger partial charge is 0.481 e. The molecule has 3 N–H and O–H groups in total. The van der Waals surface area contributed by atoms with E-state index >= 15 is 0 Å². The standard InChI is InChI=1S/C17H20ClN3O6/c1-17(8-3-2-5-10(17)16(24)25)20-13(22)9-19-15(23)14-11(18)6-4-7-12(14)21(26)27/h4,6-7,10H,2-3,5,8-9H2,1H3,(H,19,23)(H,20,22)(H,24,25). The van der Waals surface area contributed by atoms with Crippen molar-refractivity contribution in [1.29, 1.82) is 0 Å². The van der Waals surface area contributed by atoms with Gasteiger partial charge in [-0.2, -0.15) is 0 Å². The molecule has 0 radical (unpaired) electrons. The van der Waals surface area contributed by atoms with Gasteiger partial charge in [0, 0.05) is 6.07 Å². The second-order valence-corrected chi connectivity index (χ2v) is 7.08. The summed E-state index contributed by atoms with van der Waals surface area (Å²) >= 11 is 5.88. The Morgan fingerprint density at radius 1 is 1.37 bits per heavy atom. The molecular weight excluding hydrogens is 378 g/mol. The van der Waals surface area contributed by atoms with Crippen LogP contribution in [0.2, 0.25) is 5.02 Å². The van der Waals surface area contributed by atoms with E-state index in [2.05, 4.69) is 10.6 Å². The van der Waals surface area contributed by atoms with Crippen LogP contribution in [0.1, 0.15) is 43.0 Å². The SMILES string of the molecule is CC1(NC(=O)CNC(=O)c2c(Cl)cccc2[N+](=O)[O-])CCCCC1C(=O)O. The summed E-state index contributed by atoms with van der Waals surface area (Å²) in [6, 6.07) is 3.82. The minimum absolute atomic E-state index is 0.104. The molecule has 1 aliphatic carbocycles. The molecule has 2 amide bonds. The van der Waals surface area contributed by atoms with Gasteiger partial charge in [-0.25, -0.2) is 0 Å². The van der Waals surface area contributed by atoms with Crippen LogP contribution in [0.25, 0.3) is 0 Å². The van der Waals surface area contributed by atoms with Crippen LogP contribution < -0.4 is 10.6 Å². The van der Waals surface area contributed by atoms with Crippen LogP contribution in [-0.2, 0) is 9.59 Å². The molecule has 0 aliphatic heterocycles. The van der Waals surface area contributed by atoms with Gasteiger partial charge in [-0.05, 0) is 25.8 Å². The number of carboxylic acids is 1. The van der Waals surface area contributed by atoms with Gasteiger partial charge in [0.2, 0.25) is 5.91 Å². The zero-order valence-corrected chi connectivity index (χ0v) is 15.4. The fraction of sp³-hybridized carbons (Fsp3) is 0.471. The monoisotopic (exact) mass is 397 g/mol. The molecule has 1 aromatic carbocycles. The zero-order chi connectivity index (χ0) is 20.2. The van der Waals surface area contributed by atoms with Crippen molar-refractivity contribution in [3.63, 3.8) is 0 Å². The fourth-order valence-corrected chi connectivity index (χ4v) is 3.64. The van der Waals surface area contributed by atoms with Crippen LogP contribution in [0.4, 0.5) is 5.69 Å². The van der Waals surface area contributed by atoms with Gasteiger partial charge in [-0.1, -0.05) is 30.5 Å². The molecular formula is C17H20ClN3O6. The molecule has 2 rings (SSSR count). The number of nitro groups is 1. The Bertz CT molecular complexity index is 784. The van der Waals surface area contributed by atoms with Crippen molar-refractivity contribution in [3.8, 4) is 0 Å². The molecule has 1 fully saturated rings. The topological polar surface area (TPSA) is 139 Å². The number of hydrogen-bond acceptors (Lipinski definition) is 5. The molecule has 2 unspecified atom stereocenters. The van der Waals surface area contributed by atoms with Crippen molar-refractivity contribution >= 4 is 35.1 Å². The van der Waals surface area contributed by atoms with Crippen molar-refractivity contribution < 1.29 is 24.4 Å². The third-order valence-electron chi connectivity index (χ3n) is 4.76. The normalized spacial score (nSPS) is 21.9. The second-order valence-electron chi connectivity index (χ2n) is 6.68. The molecule has 0 bridgehead atoms. The third-order valence-corrected chi connectivity index (χ3v) is 5.07. The first-order chi connectivity index (χ1) is 12.7. The molecule has 2 atom stereocenters. The molecule has 1 aliphatic rings. The van der Waals surface area contributed by atoms with Gasteiger partial charge < -0.3 is 15.7 Å². The number of aliphatic carboxylic acids is 1. The van der Waals surface area contributed by atoms with Crippen molar-refractivity contribution in [2.45, 2.75) is 38.1 Å². The summed E-state index contributed by atoms with van der Waals surface area (Å²) < 4.78 is 0. The summed E-state index contributed by atoms with van der Waals surface area (Å²) in [4.78, 5) is 46.3. The number of nitro benzene ring substituents is 1. The zero-order valence-electron chi connectivity index (χ0n) is 14.7. The maximum Gasteiger partial charge on any atom is 0.308 e. The maximum atomic E-state index is 12.3. The minimum Gasteiger partial charge on any atom is -0.481 e. The van der Waals surface area contributed by atoms with Crippen LogP contribution in [0.15, 0.2) is 18.2 Å². The van der Waals surface area contributed by atoms with Gasteiger partial charge in [0.15, 0.2) is 0 Å². The number of rotatable bonds is 6. The lowest BCUT2D eigenvalue weighted by Crippen LogP contribution is -2.57. The fourth-order valence-electron chi connectivity index (χ4n) is 3.38. The quantitative estimate of drug-likeness (QED) is 0.496. The molecule has 9 nitrogen and oxygen atoms in total. The molecule has 0 aromatic heterocycles. The lowest BCUT2D eigenvalue weighted by Gasteiger charge is -2.39. The highest BCUT2D eigenvalue weighted by Crippen LogP contribution is 2.33. The molecule has 27 heavy (non-hydrogen) atoms. The number of benzene rings is 1. The van der Waals surface area contributed by atoms with E-state index in [-0.39, 0.29) is 10.6 Å². The van der Waals surface area contributed by atoms with E-state index in [1.807, 2.05) is 0 Å². The van der Waals surface area contributed by atoms with Crippen molar-refractivity contribution in [1.82, 2.24) is 10.6 Å². The van der Waals surface area contributed by atoms with Crippen LogP contribution in [0.5, 0.6) is 0 Å². The van der Waals surface area contributed by atoms with Crippen molar-refractivity contribution in [2.24, 2.45) is 5.92 Å². The van der Waals surface area contributed by atoms with Crippen molar-refractivity contribution in [2.75, 3.05) is 6.54 Å². The van der Waals surface area contributed by atoms with Gasteiger partial charge >= 0.3 is 5.97 Å². The first-order valence-electron chi connectivity index (χ1n) is 8.40. The van der Waals surface area contributed by atoms with Gasteiger partial charge in [0.1, 0.15) is 5.56 Å². The molecule has 10 heteroatoms. The summed E-state index contributed by atoms with van der Waals surface area (Å²) in [5, 5.41) is 25.3. The van der Waals surface area contributed by atoms with Gasteiger partial charge in [0.05, 0.1) is 27.9 Å². The predicted octanol–water partition coefficient (Wildman–Crippen LogP) is 2.13. The number of nitrogens with zero attached hydrogens (tertiary/aromatic N) is 1. The maximum absolute atomic E-state index is 12.3. The van der Waals surface area contributed by atoms with Gasteiger partial charge in [-0.15, -0.1) is 0 Å². The van der Waals surface area contributed by atoms with Gasteiger partial charge in [-0.3, -0.25) is 24.5 Å². The van der Waals surface area contributed by atoms with Crippen LogP contribution in [-0.4, -0.2) is 39.9 Å². The average molecular weight is 398 g/mol. The highest BCUT2D eigenvalue weighted by Gasteiger charge is 2.42. The summed E-state index contributed by atoms with van der Waals surface area (Å²) in [7, 11) is 0. The Morgan fingerprint density at radius 2 is 2.07 bits per heavy atom. The Morgan fingerprint density at radius 3 is 2.70 bits per heavy atom. The van der Waals surface area contributed by atoms with Crippen LogP contribution >= 0.6 is 11.6 Å². The predicted molar refractivity (Wildman–Crippen MR) is 96.6 cm³/mol. The number of hydrogen-bond donors (Lipinski definition) is 3. The van der Waals surface area contributed by atoms with E-state index in [0.717, 1.165) is 18.9 Å². The number of halogens is 1.